The molecule has 0 aliphatic carbocycles. The molecule has 1 N–H and O–H groups in total. The summed E-state index contributed by atoms with van der Waals surface area (Å²) in [7, 11) is 0. The quantitative estimate of drug-likeness (QED) is 0.736. The Kier molecular flexibility index (Phi) is 3.23. The number of imide groups is 1. The molecule has 2 rings (SSSR count). The fraction of sp³-hybridized carbons (Fsp3) is 0.846. The topological polar surface area (TPSA) is 58.6 Å². The second-order valence-electron chi connectivity index (χ2n) is 6.33. The minimum atomic E-state index is -0.665. The van der Waals surface area contributed by atoms with Crippen molar-refractivity contribution in [3.63, 3.8) is 0 Å². The fourth-order valence-electron chi connectivity index (χ4n) is 2.51. The molecule has 5 heteroatoms. The van der Waals surface area contributed by atoms with Crippen molar-refractivity contribution in [1.29, 1.82) is 0 Å². The molecular formula is C13H22N2O3. The Bertz CT molecular complexity index is 376. The maximum absolute atomic E-state index is 12.2. The first-order valence-electron chi connectivity index (χ1n) is 6.49. The number of hydrogen-bond acceptors (Lipinski definition) is 4. The monoisotopic (exact) mass is 254 g/mol. The van der Waals surface area contributed by atoms with Gasteiger partial charge in [0.2, 0.25) is 11.8 Å². The van der Waals surface area contributed by atoms with Crippen LogP contribution in [0.2, 0.25) is 0 Å². The number of rotatable bonds is 2. The summed E-state index contributed by atoms with van der Waals surface area (Å²) in [5.74, 6) is -0.320. The second kappa shape index (κ2) is 4.31. The van der Waals surface area contributed by atoms with Crippen molar-refractivity contribution in [2.75, 3.05) is 13.1 Å². The number of carbonyl (C=O) groups is 2. The van der Waals surface area contributed by atoms with Gasteiger partial charge in [-0.3, -0.25) is 19.8 Å². The Morgan fingerprint density at radius 2 is 2.00 bits per heavy atom. The van der Waals surface area contributed by atoms with Crippen molar-refractivity contribution in [3.05, 3.63) is 0 Å². The van der Waals surface area contributed by atoms with Gasteiger partial charge in [0.1, 0.15) is 0 Å². The van der Waals surface area contributed by atoms with E-state index in [0.29, 0.717) is 6.54 Å². The molecule has 18 heavy (non-hydrogen) atoms. The average Bonchev–Trinajstić information content (AvgIpc) is 2.60. The largest absolute Gasteiger partial charge is 0.370 e. The van der Waals surface area contributed by atoms with E-state index in [1.54, 1.807) is 13.8 Å². The van der Waals surface area contributed by atoms with Gasteiger partial charge in [-0.05, 0) is 40.5 Å². The number of carbonyl (C=O) groups excluding carboxylic acids is 2. The molecule has 0 radical (unpaired) electrons. The Hall–Kier alpha value is -0.940. The van der Waals surface area contributed by atoms with Gasteiger partial charge in [0.05, 0.1) is 30.3 Å². The lowest BCUT2D eigenvalue weighted by atomic mass is 10.00. The number of piperazine rings is 1. The summed E-state index contributed by atoms with van der Waals surface area (Å²) < 4.78 is 5.85. The van der Waals surface area contributed by atoms with Crippen molar-refractivity contribution in [2.24, 2.45) is 0 Å². The van der Waals surface area contributed by atoms with Crippen LogP contribution in [0.3, 0.4) is 0 Å². The van der Waals surface area contributed by atoms with E-state index < -0.39 is 5.54 Å². The van der Waals surface area contributed by atoms with Crippen molar-refractivity contribution in [3.8, 4) is 0 Å². The van der Waals surface area contributed by atoms with E-state index in [4.69, 9.17) is 4.74 Å². The van der Waals surface area contributed by atoms with Gasteiger partial charge < -0.3 is 4.74 Å². The summed E-state index contributed by atoms with van der Waals surface area (Å²) in [6, 6.07) is 0. The molecule has 5 nitrogen and oxygen atoms in total. The normalized spacial score (nSPS) is 30.9. The molecule has 2 fully saturated rings. The van der Waals surface area contributed by atoms with Crippen LogP contribution in [0, 0.1) is 0 Å². The van der Waals surface area contributed by atoms with Crippen LogP contribution >= 0.6 is 0 Å². The maximum atomic E-state index is 12.2. The van der Waals surface area contributed by atoms with Gasteiger partial charge in [-0.2, -0.15) is 0 Å². The Morgan fingerprint density at radius 3 is 2.56 bits per heavy atom. The zero-order chi connectivity index (χ0) is 13.6. The van der Waals surface area contributed by atoms with E-state index in [9.17, 15) is 9.59 Å². The number of ether oxygens (including phenoxy) is 1. The Labute approximate surface area is 108 Å². The van der Waals surface area contributed by atoms with Gasteiger partial charge in [-0.15, -0.1) is 0 Å². The minimum absolute atomic E-state index is 0.0261. The highest BCUT2D eigenvalue weighted by Crippen LogP contribution is 2.30. The molecule has 2 heterocycles. The highest BCUT2D eigenvalue weighted by molar-refractivity contribution is 6.03. The first-order chi connectivity index (χ1) is 8.21. The van der Waals surface area contributed by atoms with Gasteiger partial charge in [0.15, 0.2) is 0 Å². The van der Waals surface area contributed by atoms with E-state index in [1.807, 2.05) is 13.8 Å². The lowest BCUT2D eigenvalue weighted by Gasteiger charge is -2.37. The summed E-state index contributed by atoms with van der Waals surface area (Å²) >= 11 is 0. The number of hydrogen-bond donors (Lipinski definition) is 1. The molecule has 2 aliphatic rings. The first-order valence-corrected chi connectivity index (χ1v) is 6.49. The number of nitrogens with zero attached hydrogens (tertiary/aromatic N) is 1. The summed E-state index contributed by atoms with van der Waals surface area (Å²) in [5.41, 5.74) is -0.803. The van der Waals surface area contributed by atoms with Crippen molar-refractivity contribution in [1.82, 2.24) is 10.2 Å². The molecule has 0 spiro atoms. The molecule has 0 bridgehead atoms. The van der Waals surface area contributed by atoms with Crippen LogP contribution in [0.4, 0.5) is 0 Å². The molecule has 0 aromatic heterocycles. The predicted octanol–water partition coefficient (Wildman–Crippen LogP) is 0.681. The van der Waals surface area contributed by atoms with Gasteiger partial charge >= 0.3 is 0 Å². The van der Waals surface area contributed by atoms with Crippen LogP contribution in [-0.2, 0) is 14.3 Å². The van der Waals surface area contributed by atoms with Crippen molar-refractivity contribution < 1.29 is 14.3 Å². The van der Waals surface area contributed by atoms with Gasteiger partial charge in [0, 0.05) is 0 Å². The van der Waals surface area contributed by atoms with E-state index in [2.05, 4.69) is 5.32 Å². The Morgan fingerprint density at radius 1 is 1.33 bits per heavy atom. The first kappa shape index (κ1) is 13.5. The molecule has 1 unspecified atom stereocenters. The van der Waals surface area contributed by atoms with Crippen LogP contribution in [0.5, 0.6) is 0 Å². The summed E-state index contributed by atoms with van der Waals surface area (Å²) in [5, 5.41) is 2.95. The third kappa shape index (κ3) is 2.57. The zero-order valence-electron chi connectivity index (χ0n) is 11.6. The lowest BCUT2D eigenvalue weighted by Crippen LogP contribution is -2.64. The summed E-state index contributed by atoms with van der Waals surface area (Å²) in [6.07, 6.45) is 1.84. The zero-order valence-corrected chi connectivity index (χ0v) is 11.6. The van der Waals surface area contributed by atoms with E-state index in [-0.39, 0.29) is 30.1 Å². The molecule has 2 saturated heterocycles. The van der Waals surface area contributed by atoms with E-state index in [0.717, 1.165) is 12.8 Å². The standard InChI is InChI=1S/C13H22N2O3/c1-12(2)6-5-9(18-12)8-15-10(16)7-14-13(3,4)11(15)17/h9,14H,5-8H2,1-4H3. The molecular weight excluding hydrogens is 232 g/mol. The van der Waals surface area contributed by atoms with Crippen LogP contribution < -0.4 is 5.32 Å². The van der Waals surface area contributed by atoms with E-state index in [1.165, 1.54) is 4.90 Å². The third-order valence-corrected chi connectivity index (χ3v) is 3.70. The average molecular weight is 254 g/mol. The minimum Gasteiger partial charge on any atom is -0.370 e. The highest BCUT2D eigenvalue weighted by Gasteiger charge is 2.42. The van der Waals surface area contributed by atoms with Crippen LogP contribution in [-0.4, -0.2) is 47.0 Å². The summed E-state index contributed by atoms with van der Waals surface area (Å²) in [4.78, 5) is 25.4. The predicted molar refractivity (Wildman–Crippen MR) is 67.0 cm³/mol. The van der Waals surface area contributed by atoms with Gasteiger partial charge in [0.25, 0.3) is 0 Å². The van der Waals surface area contributed by atoms with E-state index >= 15 is 0 Å². The molecule has 2 aliphatic heterocycles. The van der Waals surface area contributed by atoms with Gasteiger partial charge in [-0.25, -0.2) is 0 Å². The molecule has 1 atom stereocenters. The maximum Gasteiger partial charge on any atom is 0.249 e. The number of nitrogens with one attached hydrogen (secondary N) is 1. The van der Waals surface area contributed by atoms with Crippen molar-refractivity contribution >= 4 is 11.8 Å². The van der Waals surface area contributed by atoms with Crippen LogP contribution in [0.1, 0.15) is 40.5 Å². The fourth-order valence-corrected chi connectivity index (χ4v) is 2.51. The van der Waals surface area contributed by atoms with Crippen LogP contribution in [0.25, 0.3) is 0 Å². The smallest absolute Gasteiger partial charge is 0.249 e. The molecule has 102 valence electrons. The molecule has 2 amide bonds. The lowest BCUT2D eigenvalue weighted by molar-refractivity contribution is -0.155. The summed E-state index contributed by atoms with van der Waals surface area (Å²) in [6.45, 7) is 8.28. The molecule has 0 aromatic carbocycles. The SMILES string of the molecule is CC1(C)CCC(CN2C(=O)CNC(C)(C)C2=O)O1. The molecule has 0 aromatic rings. The highest BCUT2D eigenvalue weighted by atomic mass is 16.5. The van der Waals surface area contributed by atoms with Crippen LogP contribution in [0.15, 0.2) is 0 Å². The Balaban J connectivity index is 2.04. The van der Waals surface area contributed by atoms with Crippen molar-refractivity contribution in [2.45, 2.75) is 57.8 Å². The molecule has 0 saturated carbocycles. The second-order valence-corrected chi connectivity index (χ2v) is 6.33. The van der Waals surface area contributed by atoms with Gasteiger partial charge in [-0.1, -0.05) is 0 Å². The number of amides is 2. The third-order valence-electron chi connectivity index (χ3n) is 3.70.